The lowest BCUT2D eigenvalue weighted by atomic mass is 10.0. The second kappa shape index (κ2) is 6.24. The third kappa shape index (κ3) is 3.05. The zero-order chi connectivity index (χ0) is 14.8. The number of rotatable bonds is 4. The summed E-state index contributed by atoms with van der Waals surface area (Å²) in [5, 5.41) is 0. The Morgan fingerprint density at radius 1 is 1.35 bits per heavy atom. The summed E-state index contributed by atoms with van der Waals surface area (Å²) in [5.74, 6) is 0.563. The maximum atomic E-state index is 12.5. The highest BCUT2D eigenvalue weighted by atomic mass is 79.9. The van der Waals surface area contributed by atoms with E-state index in [9.17, 15) is 13.2 Å². The van der Waals surface area contributed by atoms with Crippen LogP contribution in [0.2, 0.25) is 0 Å². The molecule has 0 aliphatic carbocycles. The van der Waals surface area contributed by atoms with Crippen LogP contribution in [0.1, 0.15) is 12.8 Å². The number of piperidine rings is 1. The van der Waals surface area contributed by atoms with Gasteiger partial charge in [0.2, 0.25) is 10.0 Å². The molecule has 1 aromatic rings. The Morgan fingerprint density at radius 2 is 2.00 bits per heavy atom. The standard InChI is InChI=1S/C13H16BrNO4S/c1-19-13-3-2-11(8-12(13)14)20(17,18)15-6-4-10(9-16)5-7-15/h2-3,8-10H,4-7H2,1H3. The van der Waals surface area contributed by atoms with Crippen LogP contribution in [0, 0.1) is 5.92 Å². The van der Waals surface area contributed by atoms with E-state index in [1.54, 1.807) is 12.1 Å². The van der Waals surface area contributed by atoms with Crippen LogP contribution < -0.4 is 4.74 Å². The molecule has 0 saturated carbocycles. The first-order valence-electron chi connectivity index (χ1n) is 6.28. The average Bonchev–Trinajstić information content (AvgIpc) is 2.47. The third-order valence-electron chi connectivity index (χ3n) is 3.45. The van der Waals surface area contributed by atoms with Gasteiger partial charge >= 0.3 is 0 Å². The zero-order valence-electron chi connectivity index (χ0n) is 11.1. The molecular weight excluding hydrogens is 346 g/mol. The van der Waals surface area contributed by atoms with Crippen molar-refractivity contribution in [3.63, 3.8) is 0 Å². The van der Waals surface area contributed by atoms with Crippen LogP contribution in [0.4, 0.5) is 0 Å². The molecule has 1 aliphatic rings. The highest BCUT2D eigenvalue weighted by Gasteiger charge is 2.29. The Morgan fingerprint density at radius 3 is 2.50 bits per heavy atom. The first-order chi connectivity index (χ1) is 9.48. The minimum absolute atomic E-state index is 0.0240. The Kier molecular flexibility index (Phi) is 4.82. The van der Waals surface area contributed by atoms with Gasteiger partial charge in [0.25, 0.3) is 0 Å². The van der Waals surface area contributed by atoms with Gasteiger partial charge in [0.05, 0.1) is 16.5 Å². The highest BCUT2D eigenvalue weighted by Crippen LogP contribution is 2.30. The average molecular weight is 362 g/mol. The van der Waals surface area contributed by atoms with Crippen LogP contribution in [0.25, 0.3) is 0 Å². The van der Waals surface area contributed by atoms with Crippen molar-refractivity contribution in [1.82, 2.24) is 4.31 Å². The Bertz CT molecular complexity index is 594. The number of benzene rings is 1. The number of carbonyl (C=O) groups is 1. The SMILES string of the molecule is COc1ccc(S(=O)(=O)N2CCC(C=O)CC2)cc1Br. The fraction of sp³-hybridized carbons (Fsp3) is 0.462. The molecule has 0 bridgehead atoms. The second-order valence-corrected chi connectivity index (χ2v) is 7.47. The molecule has 1 fully saturated rings. The molecule has 0 spiro atoms. The summed E-state index contributed by atoms with van der Waals surface area (Å²) in [7, 11) is -1.98. The summed E-state index contributed by atoms with van der Waals surface area (Å²) < 4.78 is 32.1. The van der Waals surface area contributed by atoms with Crippen molar-refractivity contribution < 1.29 is 17.9 Å². The van der Waals surface area contributed by atoms with E-state index in [0.29, 0.717) is 36.2 Å². The fourth-order valence-electron chi connectivity index (χ4n) is 2.21. The molecule has 0 N–H and O–H groups in total. The number of halogens is 1. The van der Waals surface area contributed by atoms with Gasteiger partial charge in [0, 0.05) is 19.0 Å². The van der Waals surface area contributed by atoms with Crippen molar-refractivity contribution in [1.29, 1.82) is 0 Å². The summed E-state index contributed by atoms with van der Waals surface area (Å²) in [6, 6.07) is 4.69. The lowest BCUT2D eigenvalue weighted by molar-refractivity contribution is -0.112. The minimum atomic E-state index is -3.51. The lowest BCUT2D eigenvalue weighted by Gasteiger charge is -2.28. The molecule has 1 saturated heterocycles. The molecule has 5 nitrogen and oxygen atoms in total. The maximum absolute atomic E-state index is 12.5. The summed E-state index contributed by atoms with van der Waals surface area (Å²) in [6.45, 7) is 0.769. The summed E-state index contributed by atoms with van der Waals surface area (Å²) in [6.07, 6.45) is 2.08. The fourth-order valence-corrected chi connectivity index (χ4v) is 4.40. The molecule has 1 heterocycles. The van der Waals surface area contributed by atoms with Crippen LogP contribution in [-0.2, 0) is 14.8 Å². The van der Waals surface area contributed by atoms with Crippen molar-refractivity contribution >= 4 is 32.2 Å². The van der Waals surface area contributed by atoms with Gasteiger partial charge in [0.15, 0.2) is 0 Å². The Labute approximate surface area is 127 Å². The van der Waals surface area contributed by atoms with Crippen molar-refractivity contribution in [2.45, 2.75) is 17.7 Å². The van der Waals surface area contributed by atoms with Gasteiger partial charge in [-0.15, -0.1) is 0 Å². The molecule has 1 aromatic carbocycles. The number of nitrogens with zero attached hydrogens (tertiary/aromatic N) is 1. The molecule has 7 heteroatoms. The van der Waals surface area contributed by atoms with Crippen molar-refractivity contribution in [3.8, 4) is 5.75 Å². The lowest BCUT2D eigenvalue weighted by Crippen LogP contribution is -2.38. The first-order valence-corrected chi connectivity index (χ1v) is 8.51. The van der Waals surface area contributed by atoms with E-state index in [2.05, 4.69) is 15.9 Å². The smallest absolute Gasteiger partial charge is 0.243 e. The maximum Gasteiger partial charge on any atom is 0.243 e. The van der Waals surface area contributed by atoms with Gasteiger partial charge in [-0.05, 0) is 47.0 Å². The minimum Gasteiger partial charge on any atom is -0.496 e. The van der Waals surface area contributed by atoms with E-state index >= 15 is 0 Å². The van der Waals surface area contributed by atoms with E-state index < -0.39 is 10.0 Å². The molecule has 0 amide bonds. The van der Waals surface area contributed by atoms with Crippen LogP contribution in [0.3, 0.4) is 0 Å². The Balaban J connectivity index is 2.22. The van der Waals surface area contributed by atoms with Gasteiger partial charge in [-0.25, -0.2) is 8.42 Å². The molecule has 0 unspecified atom stereocenters. The van der Waals surface area contributed by atoms with E-state index in [-0.39, 0.29) is 10.8 Å². The molecule has 110 valence electrons. The number of aldehydes is 1. The molecule has 2 rings (SSSR count). The number of hydrogen-bond donors (Lipinski definition) is 0. The molecule has 0 radical (unpaired) electrons. The van der Waals surface area contributed by atoms with Gasteiger partial charge in [-0.3, -0.25) is 0 Å². The summed E-state index contributed by atoms with van der Waals surface area (Å²) >= 11 is 3.29. The molecule has 0 atom stereocenters. The van der Waals surface area contributed by atoms with Gasteiger partial charge in [0.1, 0.15) is 12.0 Å². The van der Waals surface area contributed by atoms with E-state index in [4.69, 9.17) is 4.74 Å². The monoisotopic (exact) mass is 361 g/mol. The van der Waals surface area contributed by atoms with Gasteiger partial charge in [-0.1, -0.05) is 0 Å². The van der Waals surface area contributed by atoms with Gasteiger partial charge in [-0.2, -0.15) is 4.31 Å². The number of ether oxygens (including phenoxy) is 1. The number of hydrogen-bond acceptors (Lipinski definition) is 4. The summed E-state index contributed by atoms with van der Waals surface area (Å²) in [4.78, 5) is 10.9. The van der Waals surface area contributed by atoms with Crippen LogP contribution in [0.5, 0.6) is 5.75 Å². The van der Waals surface area contributed by atoms with Crippen LogP contribution >= 0.6 is 15.9 Å². The normalized spacial score (nSPS) is 17.9. The molecule has 20 heavy (non-hydrogen) atoms. The number of carbonyl (C=O) groups excluding carboxylic acids is 1. The summed E-state index contributed by atoms with van der Waals surface area (Å²) in [5.41, 5.74) is 0. The van der Waals surface area contributed by atoms with E-state index in [0.717, 1.165) is 6.29 Å². The largest absolute Gasteiger partial charge is 0.496 e. The van der Waals surface area contributed by atoms with Gasteiger partial charge < -0.3 is 9.53 Å². The third-order valence-corrected chi connectivity index (χ3v) is 5.97. The predicted octanol–water partition coefficient (Wildman–Crippen LogP) is 2.06. The molecule has 1 aliphatic heterocycles. The molecule has 0 aromatic heterocycles. The quantitative estimate of drug-likeness (QED) is 0.770. The first kappa shape index (κ1) is 15.5. The second-order valence-electron chi connectivity index (χ2n) is 4.67. The van der Waals surface area contributed by atoms with Crippen molar-refractivity contribution in [2.24, 2.45) is 5.92 Å². The van der Waals surface area contributed by atoms with Crippen LogP contribution in [-0.4, -0.2) is 39.2 Å². The number of methoxy groups -OCH3 is 1. The van der Waals surface area contributed by atoms with E-state index in [1.807, 2.05) is 0 Å². The Hall–Kier alpha value is -0.920. The van der Waals surface area contributed by atoms with Crippen LogP contribution in [0.15, 0.2) is 27.6 Å². The van der Waals surface area contributed by atoms with Crippen molar-refractivity contribution in [3.05, 3.63) is 22.7 Å². The predicted molar refractivity (Wildman–Crippen MR) is 78.2 cm³/mol. The zero-order valence-corrected chi connectivity index (χ0v) is 13.5. The van der Waals surface area contributed by atoms with Crippen molar-refractivity contribution in [2.75, 3.05) is 20.2 Å². The topological polar surface area (TPSA) is 63.7 Å². The van der Waals surface area contributed by atoms with E-state index in [1.165, 1.54) is 17.5 Å². The molecular formula is C13H16BrNO4S. The number of sulfonamides is 1. The highest BCUT2D eigenvalue weighted by molar-refractivity contribution is 9.10.